The molecule has 0 aliphatic rings. The van der Waals surface area contributed by atoms with Crippen LogP contribution in [0.15, 0.2) is 47.4 Å². The third-order valence-corrected chi connectivity index (χ3v) is 2.71. The SMILES string of the molecule is O=C(CCn1ccccc1=O)Nc1cccc(C(=O)O)n1. The van der Waals surface area contributed by atoms with E-state index in [4.69, 9.17) is 5.11 Å². The molecule has 0 atom stereocenters. The van der Waals surface area contributed by atoms with Gasteiger partial charge < -0.3 is 15.0 Å². The zero-order chi connectivity index (χ0) is 15.2. The smallest absolute Gasteiger partial charge is 0.354 e. The highest BCUT2D eigenvalue weighted by Crippen LogP contribution is 2.05. The quantitative estimate of drug-likeness (QED) is 0.853. The Morgan fingerprint density at radius 3 is 2.71 bits per heavy atom. The molecule has 2 aromatic heterocycles. The third kappa shape index (κ3) is 4.00. The van der Waals surface area contributed by atoms with E-state index in [1.54, 1.807) is 18.3 Å². The molecule has 0 aliphatic carbocycles. The molecule has 2 rings (SSSR count). The molecule has 0 bridgehead atoms. The zero-order valence-electron chi connectivity index (χ0n) is 11.0. The number of pyridine rings is 2. The fourth-order valence-electron chi connectivity index (χ4n) is 1.70. The highest BCUT2D eigenvalue weighted by Gasteiger charge is 2.08. The molecule has 2 heterocycles. The minimum absolute atomic E-state index is 0.0862. The van der Waals surface area contributed by atoms with Gasteiger partial charge in [0.05, 0.1) is 0 Å². The molecule has 0 aliphatic heterocycles. The molecule has 7 nitrogen and oxygen atoms in total. The Bertz CT molecular complexity index is 724. The molecule has 0 fully saturated rings. The van der Waals surface area contributed by atoms with Crippen LogP contribution < -0.4 is 10.9 Å². The van der Waals surface area contributed by atoms with Gasteiger partial charge in [0.1, 0.15) is 5.82 Å². The van der Waals surface area contributed by atoms with Crippen LogP contribution in [0.2, 0.25) is 0 Å². The predicted molar refractivity (Wildman–Crippen MR) is 75.1 cm³/mol. The minimum atomic E-state index is -1.16. The number of carboxylic acid groups (broad SMARTS) is 1. The third-order valence-electron chi connectivity index (χ3n) is 2.71. The summed E-state index contributed by atoms with van der Waals surface area (Å²) in [5.74, 6) is -1.34. The number of carbonyl (C=O) groups excluding carboxylic acids is 1. The van der Waals surface area contributed by atoms with Crippen LogP contribution in [-0.4, -0.2) is 26.5 Å². The lowest BCUT2D eigenvalue weighted by molar-refractivity contribution is -0.116. The number of aromatic carboxylic acids is 1. The first-order chi connectivity index (χ1) is 10.1. The first-order valence-electron chi connectivity index (χ1n) is 6.22. The van der Waals surface area contributed by atoms with Crippen LogP contribution in [0.1, 0.15) is 16.9 Å². The fourth-order valence-corrected chi connectivity index (χ4v) is 1.70. The molecule has 0 saturated heterocycles. The molecule has 7 heteroatoms. The van der Waals surface area contributed by atoms with Crippen LogP contribution in [0.5, 0.6) is 0 Å². The van der Waals surface area contributed by atoms with Crippen molar-refractivity contribution in [3.8, 4) is 0 Å². The average molecular weight is 287 g/mol. The zero-order valence-corrected chi connectivity index (χ0v) is 11.0. The lowest BCUT2D eigenvalue weighted by Gasteiger charge is -2.06. The Hall–Kier alpha value is -2.96. The van der Waals surface area contributed by atoms with Gasteiger partial charge >= 0.3 is 5.97 Å². The van der Waals surface area contributed by atoms with Crippen LogP contribution >= 0.6 is 0 Å². The number of carbonyl (C=O) groups is 2. The highest BCUT2D eigenvalue weighted by atomic mass is 16.4. The Kier molecular flexibility index (Phi) is 4.45. The number of hydrogen-bond donors (Lipinski definition) is 2. The standard InChI is InChI=1S/C14H13N3O4/c18-12(7-9-17-8-2-1-6-13(17)19)16-11-5-3-4-10(15-11)14(20)21/h1-6,8H,7,9H2,(H,20,21)(H,15,16,18). The molecule has 1 amide bonds. The van der Waals surface area contributed by atoms with Crippen molar-refractivity contribution in [2.45, 2.75) is 13.0 Å². The average Bonchev–Trinajstić information content (AvgIpc) is 2.46. The second-order valence-electron chi connectivity index (χ2n) is 4.24. The first-order valence-corrected chi connectivity index (χ1v) is 6.22. The topological polar surface area (TPSA) is 101 Å². The molecule has 0 aromatic carbocycles. The fraction of sp³-hybridized carbons (Fsp3) is 0.143. The van der Waals surface area contributed by atoms with E-state index in [9.17, 15) is 14.4 Å². The molecule has 0 radical (unpaired) electrons. The van der Waals surface area contributed by atoms with Crippen LogP contribution in [0.25, 0.3) is 0 Å². The molecule has 0 spiro atoms. The molecule has 0 unspecified atom stereocenters. The van der Waals surface area contributed by atoms with Gasteiger partial charge in [0.2, 0.25) is 5.91 Å². The largest absolute Gasteiger partial charge is 0.477 e. The van der Waals surface area contributed by atoms with Gasteiger partial charge in [-0.1, -0.05) is 12.1 Å². The van der Waals surface area contributed by atoms with Crippen molar-refractivity contribution in [2.75, 3.05) is 5.32 Å². The van der Waals surface area contributed by atoms with Crippen molar-refractivity contribution in [1.29, 1.82) is 0 Å². The second kappa shape index (κ2) is 6.47. The van der Waals surface area contributed by atoms with Crippen LogP contribution in [-0.2, 0) is 11.3 Å². The van der Waals surface area contributed by atoms with E-state index in [1.165, 1.54) is 28.8 Å². The number of aryl methyl sites for hydroxylation is 1. The number of nitrogens with one attached hydrogen (secondary N) is 1. The van der Waals surface area contributed by atoms with Crippen molar-refractivity contribution < 1.29 is 14.7 Å². The van der Waals surface area contributed by atoms with Crippen molar-refractivity contribution in [3.63, 3.8) is 0 Å². The summed E-state index contributed by atoms with van der Waals surface area (Å²) >= 11 is 0. The predicted octanol–water partition coefficient (Wildman–Crippen LogP) is 0.970. The number of amides is 1. The van der Waals surface area contributed by atoms with E-state index in [0.717, 1.165) is 0 Å². The number of anilines is 1. The monoisotopic (exact) mass is 287 g/mol. The normalized spacial score (nSPS) is 10.1. The van der Waals surface area contributed by atoms with Gasteiger partial charge in [-0.25, -0.2) is 9.78 Å². The van der Waals surface area contributed by atoms with Crippen molar-refractivity contribution >= 4 is 17.7 Å². The summed E-state index contributed by atoms with van der Waals surface area (Å²) in [5, 5.41) is 11.3. The molecular formula is C14H13N3O4. The van der Waals surface area contributed by atoms with E-state index in [-0.39, 0.29) is 35.9 Å². The van der Waals surface area contributed by atoms with Gasteiger partial charge in [-0.3, -0.25) is 9.59 Å². The maximum atomic E-state index is 11.8. The first kappa shape index (κ1) is 14.4. The van der Waals surface area contributed by atoms with Crippen molar-refractivity contribution in [2.24, 2.45) is 0 Å². The Balaban J connectivity index is 1.96. The lowest BCUT2D eigenvalue weighted by atomic mass is 10.3. The summed E-state index contributed by atoms with van der Waals surface area (Å²) in [6, 6.07) is 9.07. The van der Waals surface area contributed by atoms with Gasteiger partial charge in [-0.05, 0) is 18.2 Å². The van der Waals surface area contributed by atoms with E-state index >= 15 is 0 Å². The number of aromatic nitrogens is 2. The molecule has 21 heavy (non-hydrogen) atoms. The van der Waals surface area contributed by atoms with Gasteiger partial charge in [0.25, 0.3) is 5.56 Å². The second-order valence-corrected chi connectivity index (χ2v) is 4.24. The lowest BCUT2D eigenvalue weighted by Crippen LogP contribution is -2.22. The summed E-state index contributed by atoms with van der Waals surface area (Å²) in [6.45, 7) is 0.240. The summed E-state index contributed by atoms with van der Waals surface area (Å²) in [7, 11) is 0. The highest BCUT2D eigenvalue weighted by molar-refractivity contribution is 5.91. The van der Waals surface area contributed by atoms with Gasteiger partial charge in [0.15, 0.2) is 5.69 Å². The number of rotatable bonds is 5. The van der Waals surface area contributed by atoms with Crippen molar-refractivity contribution in [1.82, 2.24) is 9.55 Å². The molecule has 108 valence electrons. The van der Waals surface area contributed by atoms with Gasteiger partial charge in [-0.2, -0.15) is 0 Å². The number of hydrogen-bond acceptors (Lipinski definition) is 4. The van der Waals surface area contributed by atoms with Gasteiger partial charge in [0, 0.05) is 25.2 Å². The number of carboxylic acids is 1. The summed E-state index contributed by atoms with van der Waals surface area (Å²) in [6.07, 6.45) is 1.68. The van der Waals surface area contributed by atoms with Crippen LogP contribution in [0, 0.1) is 0 Å². The molecule has 0 saturated carbocycles. The summed E-state index contributed by atoms with van der Waals surface area (Å²) in [5.41, 5.74) is -0.330. The van der Waals surface area contributed by atoms with E-state index < -0.39 is 5.97 Å². The Morgan fingerprint density at radius 1 is 1.19 bits per heavy atom. The van der Waals surface area contributed by atoms with E-state index in [0.29, 0.717) is 0 Å². The maximum Gasteiger partial charge on any atom is 0.354 e. The summed E-state index contributed by atoms with van der Waals surface area (Å²) in [4.78, 5) is 37.8. The van der Waals surface area contributed by atoms with Crippen molar-refractivity contribution in [3.05, 3.63) is 58.6 Å². The van der Waals surface area contributed by atoms with E-state index in [2.05, 4.69) is 10.3 Å². The van der Waals surface area contributed by atoms with Gasteiger partial charge in [-0.15, -0.1) is 0 Å². The molecule has 2 aromatic rings. The maximum absolute atomic E-state index is 11.8. The van der Waals surface area contributed by atoms with Crippen LogP contribution in [0.3, 0.4) is 0 Å². The van der Waals surface area contributed by atoms with E-state index in [1.807, 2.05) is 0 Å². The summed E-state index contributed by atoms with van der Waals surface area (Å²) < 4.78 is 1.42. The Labute approximate surface area is 119 Å². The number of nitrogens with zero attached hydrogens (tertiary/aromatic N) is 2. The molecule has 2 N–H and O–H groups in total. The van der Waals surface area contributed by atoms with Crippen LogP contribution in [0.4, 0.5) is 5.82 Å². The molecular weight excluding hydrogens is 274 g/mol. The minimum Gasteiger partial charge on any atom is -0.477 e. The Morgan fingerprint density at radius 2 is 2.00 bits per heavy atom.